The molecule has 0 aromatic heterocycles. The van der Waals surface area contributed by atoms with Gasteiger partial charge in [0.25, 0.3) is 5.92 Å². The van der Waals surface area contributed by atoms with Crippen LogP contribution in [0.2, 0.25) is 0 Å². The van der Waals surface area contributed by atoms with E-state index < -0.39 is 11.5 Å². The third-order valence-electron chi connectivity index (χ3n) is 3.26. The fourth-order valence-corrected chi connectivity index (χ4v) is 2.31. The third kappa shape index (κ3) is 3.52. The number of halogens is 2. The topological polar surface area (TPSA) is 20.2 Å². The summed E-state index contributed by atoms with van der Waals surface area (Å²) in [5, 5.41) is 10.6. The molecule has 1 N–H and O–H groups in total. The van der Waals surface area contributed by atoms with E-state index in [0.29, 0.717) is 12.8 Å². The highest BCUT2D eigenvalue weighted by Gasteiger charge is 2.29. The minimum Gasteiger partial charge on any atom is -0.385 e. The zero-order valence-corrected chi connectivity index (χ0v) is 11.3. The Bertz CT molecular complexity index is 359. The molecule has 0 atom stereocenters. The zero-order chi connectivity index (χ0) is 13.8. The SMILES string of the molecule is CCCC(O)(CCC)c1ccc(C(C)(F)F)cc1. The van der Waals surface area contributed by atoms with Crippen molar-refractivity contribution in [3.05, 3.63) is 35.4 Å². The quantitative estimate of drug-likeness (QED) is 0.789. The van der Waals surface area contributed by atoms with E-state index in [-0.39, 0.29) is 5.56 Å². The average molecular weight is 256 g/mol. The van der Waals surface area contributed by atoms with Gasteiger partial charge in [-0.1, -0.05) is 51.0 Å². The lowest BCUT2D eigenvalue weighted by Gasteiger charge is -2.28. The van der Waals surface area contributed by atoms with Crippen LogP contribution in [0.25, 0.3) is 0 Å². The maximum Gasteiger partial charge on any atom is 0.270 e. The van der Waals surface area contributed by atoms with Gasteiger partial charge in [0.2, 0.25) is 0 Å². The van der Waals surface area contributed by atoms with E-state index in [9.17, 15) is 13.9 Å². The molecule has 0 aliphatic rings. The second-order valence-corrected chi connectivity index (χ2v) is 5.00. The molecular weight excluding hydrogens is 234 g/mol. The lowest BCUT2D eigenvalue weighted by molar-refractivity contribution is 0.0132. The van der Waals surface area contributed by atoms with Crippen molar-refractivity contribution in [3.8, 4) is 0 Å². The summed E-state index contributed by atoms with van der Waals surface area (Å²) < 4.78 is 26.2. The second kappa shape index (κ2) is 5.79. The molecule has 0 bridgehead atoms. The van der Waals surface area contributed by atoms with Crippen molar-refractivity contribution in [1.82, 2.24) is 0 Å². The van der Waals surface area contributed by atoms with Gasteiger partial charge in [-0.15, -0.1) is 0 Å². The van der Waals surface area contributed by atoms with E-state index in [1.54, 1.807) is 12.1 Å². The van der Waals surface area contributed by atoms with Gasteiger partial charge in [0, 0.05) is 12.5 Å². The van der Waals surface area contributed by atoms with E-state index in [4.69, 9.17) is 0 Å². The first-order valence-corrected chi connectivity index (χ1v) is 6.54. The third-order valence-corrected chi connectivity index (χ3v) is 3.26. The van der Waals surface area contributed by atoms with Crippen LogP contribution in [0.5, 0.6) is 0 Å². The zero-order valence-electron chi connectivity index (χ0n) is 11.3. The Morgan fingerprint density at radius 3 is 1.67 bits per heavy atom. The first kappa shape index (κ1) is 15.1. The van der Waals surface area contributed by atoms with Crippen molar-refractivity contribution < 1.29 is 13.9 Å². The summed E-state index contributed by atoms with van der Waals surface area (Å²) in [5.41, 5.74) is -0.161. The summed E-state index contributed by atoms with van der Waals surface area (Å²) in [6.07, 6.45) is 3.04. The molecule has 0 heterocycles. The van der Waals surface area contributed by atoms with Gasteiger partial charge in [0.15, 0.2) is 0 Å². The molecule has 1 aromatic rings. The van der Waals surface area contributed by atoms with Crippen molar-refractivity contribution in [1.29, 1.82) is 0 Å². The van der Waals surface area contributed by atoms with Crippen molar-refractivity contribution >= 4 is 0 Å². The predicted octanol–water partition coefficient (Wildman–Crippen LogP) is 4.59. The minimum atomic E-state index is -2.83. The molecule has 1 nitrogen and oxygen atoms in total. The molecule has 0 radical (unpaired) electrons. The van der Waals surface area contributed by atoms with Crippen LogP contribution in [0, 0.1) is 0 Å². The van der Waals surface area contributed by atoms with Gasteiger partial charge in [-0.3, -0.25) is 0 Å². The number of hydrogen-bond acceptors (Lipinski definition) is 1. The number of hydrogen-bond donors (Lipinski definition) is 1. The molecule has 0 amide bonds. The van der Waals surface area contributed by atoms with Gasteiger partial charge >= 0.3 is 0 Å². The Morgan fingerprint density at radius 2 is 1.33 bits per heavy atom. The van der Waals surface area contributed by atoms with Gasteiger partial charge in [-0.05, 0) is 18.4 Å². The molecule has 0 saturated heterocycles. The van der Waals surface area contributed by atoms with Crippen molar-refractivity contribution in [2.24, 2.45) is 0 Å². The van der Waals surface area contributed by atoms with Gasteiger partial charge in [0.1, 0.15) is 0 Å². The molecule has 1 aromatic carbocycles. The maximum atomic E-state index is 13.1. The van der Waals surface area contributed by atoms with E-state index >= 15 is 0 Å². The van der Waals surface area contributed by atoms with Crippen LogP contribution >= 0.6 is 0 Å². The van der Waals surface area contributed by atoms with E-state index in [0.717, 1.165) is 25.3 Å². The fraction of sp³-hybridized carbons (Fsp3) is 0.600. The van der Waals surface area contributed by atoms with Crippen LogP contribution in [0.1, 0.15) is 57.6 Å². The van der Waals surface area contributed by atoms with Gasteiger partial charge in [-0.2, -0.15) is 0 Å². The van der Waals surface area contributed by atoms with Crippen LogP contribution in [0.3, 0.4) is 0 Å². The second-order valence-electron chi connectivity index (χ2n) is 5.00. The number of alkyl halides is 2. The van der Waals surface area contributed by atoms with E-state index in [2.05, 4.69) is 0 Å². The number of aliphatic hydroxyl groups is 1. The van der Waals surface area contributed by atoms with Gasteiger partial charge < -0.3 is 5.11 Å². The molecular formula is C15H22F2O. The molecule has 0 unspecified atom stereocenters. The summed E-state index contributed by atoms with van der Waals surface area (Å²) in [7, 11) is 0. The van der Waals surface area contributed by atoms with Crippen LogP contribution in [0.4, 0.5) is 8.78 Å². The highest BCUT2D eigenvalue weighted by Crippen LogP contribution is 2.34. The molecule has 3 heteroatoms. The van der Waals surface area contributed by atoms with Crippen LogP contribution in [-0.2, 0) is 11.5 Å². The molecule has 1 rings (SSSR count). The van der Waals surface area contributed by atoms with Crippen LogP contribution < -0.4 is 0 Å². The minimum absolute atomic E-state index is 0.0124. The number of benzene rings is 1. The largest absolute Gasteiger partial charge is 0.385 e. The summed E-state index contributed by atoms with van der Waals surface area (Å²) in [5.74, 6) is -2.83. The molecule has 0 fully saturated rings. The fourth-order valence-electron chi connectivity index (χ4n) is 2.31. The van der Waals surface area contributed by atoms with Crippen molar-refractivity contribution in [3.63, 3.8) is 0 Å². The maximum absolute atomic E-state index is 13.1. The standard InChI is InChI=1S/C15H22F2O/c1-4-10-15(18,11-5-2)13-8-6-12(7-9-13)14(3,16)17/h6-9,18H,4-5,10-11H2,1-3H3. The summed E-state index contributed by atoms with van der Waals surface area (Å²) >= 11 is 0. The van der Waals surface area contributed by atoms with Crippen LogP contribution in [0.15, 0.2) is 24.3 Å². The molecule has 0 aliphatic carbocycles. The first-order chi connectivity index (χ1) is 8.33. The Labute approximate surface area is 108 Å². The average Bonchev–Trinajstić information content (AvgIpc) is 2.29. The molecule has 0 saturated carbocycles. The van der Waals surface area contributed by atoms with Crippen LogP contribution in [-0.4, -0.2) is 5.11 Å². The normalized spacial score (nSPS) is 12.8. The molecule has 0 spiro atoms. The lowest BCUT2D eigenvalue weighted by atomic mass is 9.85. The molecule has 0 aliphatic heterocycles. The highest BCUT2D eigenvalue weighted by atomic mass is 19.3. The Kier molecular flexibility index (Phi) is 4.85. The summed E-state index contributed by atoms with van der Waals surface area (Å²) in [4.78, 5) is 0. The summed E-state index contributed by atoms with van der Waals surface area (Å²) in [6.45, 7) is 4.90. The monoisotopic (exact) mass is 256 g/mol. The first-order valence-electron chi connectivity index (χ1n) is 6.54. The van der Waals surface area contributed by atoms with Gasteiger partial charge in [-0.25, -0.2) is 8.78 Å². The van der Waals surface area contributed by atoms with E-state index in [1.165, 1.54) is 12.1 Å². The lowest BCUT2D eigenvalue weighted by Crippen LogP contribution is -2.25. The Hall–Kier alpha value is -0.960. The van der Waals surface area contributed by atoms with Crippen molar-refractivity contribution in [2.75, 3.05) is 0 Å². The van der Waals surface area contributed by atoms with E-state index in [1.807, 2.05) is 13.8 Å². The van der Waals surface area contributed by atoms with Crippen molar-refractivity contribution in [2.45, 2.75) is 58.0 Å². The smallest absolute Gasteiger partial charge is 0.270 e. The number of rotatable bonds is 6. The predicted molar refractivity (Wildman–Crippen MR) is 69.7 cm³/mol. The van der Waals surface area contributed by atoms with Gasteiger partial charge in [0.05, 0.1) is 5.60 Å². The molecule has 102 valence electrons. The Morgan fingerprint density at radius 1 is 0.944 bits per heavy atom. The summed E-state index contributed by atoms with van der Waals surface area (Å²) in [6, 6.07) is 6.06. The molecule has 18 heavy (non-hydrogen) atoms. The Balaban J connectivity index is 3.01. The highest BCUT2D eigenvalue weighted by molar-refractivity contribution is 5.29.